The van der Waals surface area contributed by atoms with Gasteiger partial charge in [-0.15, -0.1) is 0 Å². The molecular weight excluding hydrogens is 155 g/mol. The Hall–Kier alpha value is -0.350. The Bertz CT molecular complexity index is 80.0. The smallest absolute Gasteiger partial charge is 0.244 e. The van der Waals surface area contributed by atoms with Crippen LogP contribution in [0.4, 0.5) is 22.0 Å². The van der Waals surface area contributed by atoms with E-state index in [0.29, 0.717) is 6.92 Å². The van der Waals surface area contributed by atoms with Crippen molar-refractivity contribution >= 4 is 0 Å². The molecule has 0 unspecified atom stereocenters. The summed E-state index contributed by atoms with van der Waals surface area (Å²) in [7, 11) is 0. The largest absolute Gasteiger partial charge is 0.272 e. The Morgan fingerprint density at radius 3 is 1.30 bits per heavy atom. The highest BCUT2D eigenvalue weighted by atomic mass is 19.3. The minimum Gasteiger partial charge on any atom is -0.244 e. The highest BCUT2D eigenvalue weighted by molar-refractivity contribution is 4.74. The van der Waals surface area contributed by atoms with Crippen LogP contribution in [-0.4, -0.2) is 24.9 Å². The first-order chi connectivity index (χ1) is 4.46. The van der Waals surface area contributed by atoms with E-state index in [1.807, 2.05) is 0 Å². The molecule has 0 radical (unpaired) electrons. The van der Waals surface area contributed by atoms with E-state index < -0.39 is 24.9 Å². The quantitative estimate of drug-likeness (QED) is 0.558. The number of hydrogen-bond donors (Lipinski definition) is 0. The van der Waals surface area contributed by atoms with Crippen molar-refractivity contribution < 1.29 is 22.0 Å². The maximum absolute atomic E-state index is 11.9. The van der Waals surface area contributed by atoms with Crippen molar-refractivity contribution in [3.8, 4) is 0 Å². The van der Waals surface area contributed by atoms with E-state index in [1.54, 1.807) is 0 Å². The van der Waals surface area contributed by atoms with Crippen molar-refractivity contribution in [3.63, 3.8) is 0 Å². The molecule has 0 rings (SSSR count). The van der Waals surface area contributed by atoms with Crippen molar-refractivity contribution in [2.45, 2.75) is 31.9 Å². The Kier molecular flexibility index (Phi) is 3.60. The molecule has 0 bridgehead atoms. The summed E-state index contributed by atoms with van der Waals surface area (Å²) in [6.07, 6.45) is -11.4. The van der Waals surface area contributed by atoms with E-state index >= 15 is 0 Å². The van der Waals surface area contributed by atoms with Crippen LogP contribution < -0.4 is 0 Å². The highest BCUT2D eigenvalue weighted by Gasteiger charge is 2.33. The monoisotopic (exact) mass is 162 g/mol. The molecule has 0 aromatic heterocycles. The fraction of sp³-hybridized carbons (Fsp3) is 1.00. The molecule has 0 heterocycles. The van der Waals surface area contributed by atoms with E-state index in [-0.39, 0.29) is 0 Å². The van der Waals surface area contributed by atoms with Crippen LogP contribution >= 0.6 is 0 Å². The molecule has 62 valence electrons. The van der Waals surface area contributed by atoms with E-state index in [2.05, 4.69) is 0 Å². The van der Waals surface area contributed by atoms with Crippen LogP contribution in [0.25, 0.3) is 0 Å². The zero-order valence-electron chi connectivity index (χ0n) is 5.20. The van der Waals surface area contributed by atoms with Gasteiger partial charge in [0.05, 0.1) is 0 Å². The summed E-state index contributed by atoms with van der Waals surface area (Å²) in [5.74, 6) is 0. The summed E-state index contributed by atoms with van der Waals surface area (Å²) in [6.45, 7) is 0.694. The Morgan fingerprint density at radius 1 is 0.800 bits per heavy atom. The minimum atomic E-state index is -3.45. The van der Waals surface area contributed by atoms with Gasteiger partial charge in [0, 0.05) is 0 Å². The fourth-order valence-electron chi connectivity index (χ4n) is 0.392. The predicted molar refractivity (Wildman–Crippen MR) is 26.4 cm³/mol. The summed E-state index contributed by atoms with van der Waals surface area (Å²) >= 11 is 0. The van der Waals surface area contributed by atoms with E-state index in [0.717, 1.165) is 0 Å². The third-order valence-electron chi connectivity index (χ3n) is 0.984. The van der Waals surface area contributed by atoms with Crippen LogP contribution in [0, 0.1) is 0 Å². The minimum absolute atomic E-state index is 0.694. The van der Waals surface area contributed by atoms with E-state index in [9.17, 15) is 22.0 Å². The first kappa shape index (κ1) is 9.65. The summed E-state index contributed by atoms with van der Waals surface area (Å²) < 4.78 is 58.0. The molecule has 0 saturated carbocycles. The van der Waals surface area contributed by atoms with Crippen molar-refractivity contribution in [1.82, 2.24) is 0 Å². The van der Waals surface area contributed by atoms with Crippen LogP contribution in [0.15, 0.2) is 0 Å². The number of hydrogen-bond acceptors (Lipinski definition) is 0. The number of rotatable bonds is 3. The lowest BCUT2D eigenvalue weighted by Crippen LogP contribution is -2.31. The van der Waals surface area contributed by atoms with Crippen molar-refractivity contribution in [2.75, 3.05) is 0 Å². The second-order valence-electron chi connectivity index (χ2n) is 1.90. The molecule has 0 amide bonds. The zero-order valence-corrected chi connectivity index (χ0v) is 5.20. The zero-order chi connectivity index (χ0) is 8.31. The van der Waals surface area contributed by atoms with Crippen molar-refractivity contribution in [1.29, 1.82) is 0 Å². The Labute approximate surface area is 55.0 Å². The predicted octanol–water partition coefficient (Wildman–Crippen LogP) is 2.29. The highest BCUT2D eigenvalue weighted by Crippen LogP contribution is 2.17. The maximum atomic E-state index is 11.9. The molecule has 0 aliphatic carbocycles. The average molecular weight is 162 g/mol. The summed E-state index contributed by atoms with van der Waals surface area (Å²) in [5.41, 5.74) is 0. The van der Waals surface area contributed by atoms with Crippen LogP contribution in [-0.2, 0) is 0 Å². The van der Waals surface area contributed by atoms with Crippen LogP contribution in [0.2, 0.25) is 0 Å². The topological polar surface area (TPSA) is 0 Å². The molecule has 10 heavy (non-hydrogen) atoms. The van der Waals surface area contributed by atoms with Gasteiger partial charge in [-0.2, -0.15) is 0 Å². The number of alkyl halides is 5. The molecule has 0 saturated heterocycles. The molecule has 0 fully saturated rings. The van der Waals surface area contributed by atoms with Crippen LogP contribution in [0.5, 0.6) is 0 Å². The lowest BCUT2D eigenvalue weighted by atomic mass is 10.2. The van der Waals surface area contributed by atoms with Crippen LogP contribution in [0.1, 0.15) is 6.92 Å². The van der Waals surface area contributed by atoms with Gasteiger partial charge in [-0.1, -0.05) is 0 Å². The van der Waals surface area contributed by atoms with Gasteiger partial charge < -0.3 is 0 Å². The second-order valence-corrected chi connectivity index (χ2v) is 1.90. The van der Waals surface area contributed by atoms with E-state index in [1.165, 1.54) is 0 Å². The molecule has 0 aromatic rings. The van der Waals surface area contributed by atoms with Gasteiger partial charge in [0.15, 0.2) is 12.3 Å². The molecule has 0 aliphatic heterocycles. The fourth-order valence-corrected chi connectivity index (χ4v) is 0.392. The lowest BCUT2D eigenvalue weighted by molar-refractivity contribution is -0.0195. The maximum Gasteiger partial charge on any atom is 0.272 e. The first-order valence-electron chi connectivity index (χ1n) is 2.67. The molecular formula is C5H7F5. The average Bonchev–Trinajstić information content (AvgIpc) is 1.84. The van der Waals surface area contributed by atoms with Gasteiger partial charge in [0.25, 0.3) is 6.43 Å². The molecule has 0 spiro atoms. The van der Waals surface area contributed by atoms with Gasteiger partial charge in [-0.25, -0.2) is 22.0 Å². The molecule has 0 aromatic carbocycles. The van der Waals surface area contributed by atoms with Gasteiger partial charge in [-0.3, -0.25) is 0 Å². The molecule has 0 nitrogen and oxygen atoms in total. The Balaban J connectivity index is 3.81. The molecule has 5 heteroatoms. The SMILES string of the molecule is C[C@H](F)[C@@H](F)[C@H](F)C(F)F. The summed E-state index contributed by atoms with van der Waals surface area (Å²) in [5, 5.41) is 0. The standard InChI is InChI=1S/C5H7F5/c1-2(6)3(7)4(8)5(9)10/h2-5H,1H3/t2-,3+,4-/m0/s1. The molecule has 0 aliphatic rings. The van der Waals surface area contributed by atoms with Gasteiger partial charge >= 0.3 is 0 Å². The molecule has 0 N–H and O–H groups in total. The lowest BCUT2D eigenvalue weighted by Gasteiger charge is -2.12. The van der Waals surface area contributed by atoms with E-state index in [4.69, 9.17) is 0 Å². The van der Waals surface area contributed by atoms with Gasteiger partial charge in [0.2, 0.25) is 0 Å². The first-order valence-corrected chi connectivity index (χ1v) is 2.67. The van der Waals surface area contributed by atoms with Crippen molar-refractivity contribution in [3.05, 3.63) is 0 Å². The van der Waals surface area contributed by atoms with Gasteiger partial charge in [0.1, 0.15) is 6.17 Å². The third-order valence-corrected chi connectivity index (χ3v) is 0.984. The Morgan fingerprint density at radius 2 is 1.20 bits per heavy atom. The normalized spacial score (nSPS) is 20.7. The van der Waals surface area contributed by atoms with Gasteiger partial charge in [-0.05, 0) is 6.92 Å². The third kappa shape index (κ3) is 2.49. The number of halogens is 5. The van der Waals surface area contributed by atoms with Crippen molar-refractivity contribution in [2.24, 2.45) is 0 Å². The summed E-state index contributed by atoms with van der Waals surface area (Å²) in [4.78, 5) is 0. The summed E-state index contributed by atoms with van der Waals surface area (Å²) in [6, 6.07) is 0. The van der Waals surface area contributed by atoms with Crippen LogP contribution in [0.3, 0.4) is 0 Å². The molecule has 3 atom stereocenters. The second kappa shape index (κ2) is 3.73.